The maximum Gasteiger partial charge on any atom is 0.417 e. The van der Waals surface area contributed by atoms with Crippen molar-refractivity contribution in [3.05, 3.63) is 35.5 Å². The normalized spacial score (nSPS) is 11.8. The molecular weight excluding hydrogens is 325 g/mol. The molecule has 24 heavy (non-hydrogen) atoms. The summed E-state index contributed by atoms with van der Waals surface area (Å²) < 4.78 is 55.6. The van der Waals surface area contributed by atoms with Crippen LogP contribution in [0, 0.1) is 6.92 Å². The van der Waals surface area contributed by atoms with Crippen LogP contribution in [0.4, 0.5) is 13.2 Å². The Morgan fingerprint density at radius 2 is 1.83 bits per heavy atom. The van der Waals surface area contributed by atoms with Gasteiger partial charge in [0.1, 0.15) is 11.5 Å². The number of aromatic nitrogens is 2. The summed E-state index contributed by atoms with van der Waals surface area (Å²) in [6.07, 6.45) is -4.57. The summed E-state index contributed by atoms with van der Waals surface area (Å²) in [5.74, 6) is 0.835. The van der Waals surface area contributed by atoms with Gasteiger partial charge in [0.25, 0.3) is 5.71 Å². The number of aryl methyl sites for hydroxylation is 1. The van der Waals surface area contributed by atoms with Crippen molar-refractivity contribution < 1.29 is 27.2 Å². The number of hydrogen-bond donors (Lipinski definition) is 0. The molecule has 0 spiro atoms. The van der Waals surface area contributed by atoms with Crippen molar-refractivity contribution in [2.45, 2.75) is 13.1 Å². The molecule has 0 bridgehead atoms. The van der Waals surface area contributed by atoms with Crippen LogP contribution < -0.4 is 9.47 Å². The second-order valence-corrected chi connectivity index (χ2v) is 5.07. The van der Waals surface area contributed by atoms with Crippen LogP contribution in [0.15, 0.2) is 28.8 Å². The topological polar surface area (TPSA) is 57.4 Å². The summed E-state index contributed by atoms with van der Waals surface area (Å²) in [5, 5.41) is 3.44. The Morgan fingerprint density at radius 3 is 2.46 bits per heavy atom. The molecular formula is C16H13F3N2O3. The van der Waals surface area contributed by atoms with E-state index < -0.39 is 11.7 Å². The number of benzene rings is 1. The van der Waals surface area contributed by atoms with E-state index in [0.29, 0.717) is 17.1 Å². The summed E-state index contributed by atoms with van der Waals surface area (Å²) in [7, 11) is 2.89. The van der Waals surface area contributed by atoms with Crippen molar-refractivity contribution in [1.82, 2.24) is 10.1 Å². The van der Waals surface area contributed by atoms with Gasteiger partial charge in [-0.3, -0.25) is 0 Å². The van der Waals surface area contributed by atoms with Crippen molar-refractivity contribution in [2.75, 3.05) is 14.2 Å². The number of methoxy groups -OCH3 is 2. The monoisotopic (exact) mass is 338 g/mol. The fraction of sp³-hybridized carbons (Fsp3) is 0.250. The predicted octanol–water partition coefficient (Wildman–Crippen LogP) is 4.23. The molecule has 0 fully saturated rings. The summed E-state index contributed by atoms with van der Waals surface area (Å²) in [6.45, 7) is 1.44. The number of halogens is 3. The lowest BCUT2D eigenvalue weighted by Crippen LogP contribution is -2.07. The second-order valence-electron chi connectivity index (χ2n) is 5.07. The van der Waals surface area contributed by atoms with Crippen LogP contribution in [-0.4, -0.2) is 24.4 Å². The molecule has 0 saturated heterocycles. The molecule has 3 rings (SSSR count). The lowest BCUT2D eigenvalue weighted by atomic mass is 10.0. The third kappa shape index (κ3) is 2.64. The fourth-order valence-electron chi connectivity index (χ4n) is 2.47. The van der Waals surface area contributed by atoms with Gasteiger partial charge in [0, 0.05) is 5.56 Å². The number of alkyl halides is 3. The molecule has 8 heteroatoms. The maximum atomic E-state index is 13.4. The lowest BCUT2D eigenvalue weighted by Gasteiger charge is -2.13. The van der Waals surface area contributed by atoms with Gasteiger partial charge < -0.3 is 14.0 Å². The third-order valence-electron chi connectivity index (χ3n) is 3.61. The minimum atomic E-state index is -4.57. The zero-order valence-electron chi connectivity index (χ0n) is 13.1. The summed E-state index contributed by atoms with van der Waals surface area (Å²) in [6, 6.07) is 5.75. The molecule has 0 aliphatic carbocycles. The van der Waals surface area contributed by atoms with Gasteiger partial charge >= 0.3 is 6.18 Å². The number of rotatable bonds is 3. The predicted molar refractivity (Wildman–Crippen MR) is 80.1 cm³/mol. The number of ether oxygens (including phenoxy) is 2. The summed E-state index contributed by atoms with van der Waals surface area (Å²) in [5.41, 5.74) is -0.484. The average molecular weight is 338 g/mol. The summed E-state index contributed by atoms with van der Waals surface area (Å²) >= 11 is 0. The molecule has 0 atom stereocenters. The van der Waals surface area contributed by atoms with Crippen molar-refractivity contribution in [3.63, 3.8) is 0 Å². The number of hydrogen-bond acceptors (Lipinski definition) is 5. The first-order valence-corrected chi connectivity index (χ1v) is 6.91. The van der Waals surface area contributed by atoms with Crippen LogP contribution in [0.5, 0.6) is 11.5 Å². The SMILES string of the molecule is COc1ccc(OC)c(-c2cc(C(F)(F)F)c3c(C)noc3n2)c1. The van der Waals surface area contributed by atoms with Crippen LogP contribution in [0.2, 0.25) is 0 Å². The number of pyridine rings is 1. The van der Waals surface area contributed by atoms with E-state index in [1.807, 2.05) is 0 Å². The van der Waals surface area contributed by atoms with Gasteiger partial charge in [-0.05, 0) is 31.2 Å². The van der Waals surface area contributed by atoms with E-state index in [4.69, 9.17) is 14.0 Å². The zero-order chi connectivity index (χ0) is 17.5. The Balaban J connectivity index is 2.32. The first-order valence-electron chi connectivity index (χ1n) is 6.91. The molecule has 0 amide bonds. The molecule has 2 heterocycles. The highest BCUT2D eigenvalue weighted by Gasteiger charge is 2.36. The van der Waals surface area contributed by atoms with E-state index in [2.05, 4.69) is 10.1 Å². The molecule has 0 aliphatic rings. The molecule has 1 aromatic carbocycles. The van der Waals surface area contributed by atoms with Gasteiger partial charge in [-0.2, -0.15) is 13.2 Å². The van der Waals surface area contributed by atoms with E-state index in [1.165, 1.54) is 21.1 Å². The third-order valence-corrected chi connectivity index (χ3v) is 3.61. The Labute approximate surface area is 135 Å². The Hall–Kier alpha value is -2.77. The molecule has 3 aromatic rings. The van der Waals surface area contributed by atoms with Crippen molar-refractivity contribution in [1.29, 1.82) is 0 Å². The van der Waals surface area contributed by atoms with E-state index in [1.54, 1.807) is 18.2 Å². The van der Waals surface area contributed by atoms with Gasteiger partial charge in [0.05, 0.1) is 36.6 Å². The molecule has 0 saturated carbocycles. The van der Waals surface area contributed by atoms with Crippen LogP contribution in [0.25, 0.3) is 22.4 Å². The zero-order valence-corrected chi connectivity index (χ0v) is 13.1. The van der Waals surface area contributed by atoms with Crippen LogP contribution >= 0.6 is 0 Å². The van der Waals surface area contributed by atoms with E-state index >= 15 is 0 Å². The lowest BCUT2D eigenvalue weighted by molar-refractivity contribution is -0.136. The van der Waals surface area contributed by atoms with Crippen LogP contribution in [0.3, 0.4) is 0 Å². The van der Waals surface area contributed by atoms with E-state index in [9.17, 15) is 13.2 Å². The standard InChI is InChI=1S/C16H13F3N2O3/c1-8-14-11(16(17,18)19)7-12(20-15(14)24-21-8)10-6-9(22-2)4-5-13(10)23-3/h4-7H,1-3H3. The largest absolute Gasteiger partial charge is 0.497 e. The second kappa shape index (κ2) is 5.70. The molecule has 0 radical (unpaired) electrons. The molecule has 2 aromatic heterocycles. The highest BCUT2D eigenvalue weighted by atomic mass is 19.4. The molecule has 0 aliphatic heterocycles. The Bertz CT molecular complexity index is 903. The fourth-order valence-corrected chi connectivity index (χ4v) is 2.47. The van der Waals surface area contributed by atoms with Gasteiger partial charge in [-0.1, -0.05) is 5.16 Å². The van der Waals surface area contributed by atoms with E-state index in [-0.39, 0.29) is 22.5 Å². The van der Waals surface area contributed by atoms with Crippen LogP contribution in [-0.2, 0) is 6.18 Å². The van der Waals surface area contributed by atoms with Gasteiger partial charge in [-0.25, -0.2) is 4.98 Å². The molecule has 126 valence electrons. The quantitative estimate of drug-likeness (QED) is 0.715. The maximum absolute atomic E-state index is 13.4. The number of nitrogens with zero attached hydrogens (tertiary/aromatic N) is 2. The highest BCUT2D eigenvalue weighted by molar-refractivity contribution is 5.84. The minimum absolute atomic E-state index is 0.0572. The summed E-state index contributed by atoms with van der Waals surface area (Å²) in [4.78, 5) is 4.16. The number of fused-ring (bicyclic) bond motifs is 1. The molecule has 5 nitrogen and oxygen atoms in total. The average Bonchev–Trinajstić information content (AvgIpc) is 2.93. The molecule has 0 unspecified atom stereocenters. The Kier molecular flexibility index (Phi) is 3.82. The van der Waals surface area contributed by atoms with Gasteiger partial charge in [-0.15, -0.1) is 0 Å². The van der Waals surface area contributed by atoms with Gasteiger partial charge in [0.2, 0.25) is 0 Å². The first kappa shape index (κ1) is 16.1. The molecule has 0 N–H and O–H groups in total. The van der Waals surface area contributed by atoms with E-state index in [0.717, 1.165) is 6.07 Å². The van der Waals surface area contributed by atoms with Gasteiger partial charge in [0.15, 0.2) is 0 Å². The minimum Gasteiger partial charge on any atom is -0.497 e. The van der Waals surface area contributed by atoms with Crippen molar-refractivity contribution in [3.8, 4) is 22.8 Å². The highest BCUT2D eigenvalue weighted by Crippen LogP contribution is 2.40. The van der Waals surface area contributed by atoms with Crippen molar-refractivity contribution in [2.24, 2.45) is 0 Å². The smallest absolute Gasteiger partial charge is 0.417 e. The Morgan fingerprint density at radius 1 is 1.08 bits per heavy atom. The first-order chi connectivity index (χ1) is 11.3. The van der Waals surface area contributed by atoms with Crippen molar-refractivity contribution >= 4 is 11.1 Å². The van der Waals surface area contributed by atoms with Crippen LogP contribution in [0.1, 0.15) is 11.3 Å².